The average Bonchev–Trinajstić information content (AvgIpc) is 2.99. The van der Waals surface area contributed by atoms with E-state index in [1.807, 2.05) is 0 Å². The Morgan fingerprint density at radius 1 is 1.35 bits per heavy atom. The third-order valence-corrected chi connectivity index (χ3v) is 4.76. The number of anilines is 1. The summed E-state index contributed by atoms with van der Waals surface area (Å²) in [7, 11) is 1.28. The molecule has 0 aromatic heterocycles. The lowest BCUT2D eigenvalue weighted by molar-refractivity contribution is -0.183. The normalized spacial score (nSPS) is 27.5. The molecule has 6 nitrogen and oxygen atoms in total. The van der Waals surface area contributed by atoms with Crippen LogP contribution >= 0.6 is 0 Å². The van der Waals surface area contributed by atoms with Crippen LogP contribution in [0.25, 0.3) is 0 Å². The van der Waals surface area contributed by atoms with Crippen LogP contribution in [0, 0.1) is 11.3 Å². The molecule has 3 unspecified atom stereocenters. The number of amides is 1. The Morgan fingerprint density at radius 2 is 2.13 bits per heavy atom. The predicted molar refractivity (Wildman–Crippen MR) is 83.3 cm³/mol. The molecule has 1 N–H and O–H groups in total. The van der Waals surface area contributed by atoms with E-state index in [2.05, 4.69) is 23.9 Å². The number of benzene rings is 1. The molecule has 1 amide bonds. The van der Waals surface area contributed by atoms with Crippen LogP contribution in [0.2, 0.25) is 0 Å². The van der Waals surface area contributed by atoms with Crippen LogP contribution < -0.4 is 5.32 Å². The van der Waals surface area contributed by atoms with Crippen molar-refractivity contribution in [1.82, 2.24) is 0 Å². The van der Waals surface area contributed by atoms with Gasteiger partial charge in [-0.15, -0.1) is 0 Å². The summed E-state index contributed by atoms with van der Waals surface area (Å²) in [5.41, 5.74) is 0.719. The van der Waals surface area contributed by atoms with Gasteiger partial charge in [0.25, 0.3) is 0 Å². The zero-order valence-corrected chi connectivity index (χ0v) is 13.5. The third-order valence-electron chi connectivity index (χ3n) is 4.76. The molecule has 1 saturated carbocycles. The molecular formula is C17H21NO5. The number of carbonyl (C=O) groups excluding carboxylic acids is 2. The highest BCUT2D eigenvalue weighted by Crippen LogP contribution is 2.53. The topological polar surface area (TPSA) is 73.9 Å². The number of nitrogens with one attached hydrogen (secondary N) is 1. The number of carbonyl (C=O) groups is 2. The maximum absolute atomic E-state index is 12.4. The molecule has 1 aromatic carbocycles. The van der Waals surface area contributed by atoms with Gasteiger partial charge in [-0.1, -0.05) is 19.9 Å². The molecule has 1 saturated heterocycles. The van der Waals surface area contributed by atoms with E-state index < -0.39 is 6.09 Å². The van der Waals surface area contributed by atoms with Crippen molar-refractivity contribution in [3.8, 4) is 0 Å². The number of hydrogen-bond acceptors (Lipinski definition) is 5. The Kier molecular flexibility index (Phi) is 4.02. The lowest BCUT2D eigenvalue weighted by Crippen LogP contribution is -2.61. The van der Waals surface area contributed by atoms with Crippen molar-refractivity contribution in [3.63, 3.8) is 0 Å². The zero-order chi connectivity index (χ0) is 16.6. The molecule has 124 valence electrons. The SMILES string of the molecule is COC(=O)Nc1cccc(C(=O)OC2C3CCOC3C2(C)C)c1. The van der Waals surface area contributed by atoms with Gasteiger partial charge in [-0.25, -0.2) is 9.59 Å². The number of esters is 1. The van der Waals surface area contributed by atoms with Gasteiger partial charge in [0.1, 0.15) is 6.10 Å². The molecule has 1 heterocycles. The van der Waals surface area contributed by atoms with Gasteiger partial charge in [-0.2, -0.15) is 0 Å². The molecule has 3 rings (SSSR count). The summed E-state index contributed by atoms with van der Waals surface area (Å²) in [6, 6.07) is 6.61. The van der Waals surface area contributed by atoms with Gasteiger partial charge < -0.3 is 14.2 Å². The van der Waals surface area contributed by atoms with E-state index >= 15 is 0 Å². The van der Waals surface area contributed by atoms with Crippen molar-refractivity contribution < 1.29 is 23.8 Å². The first-order valence-electron chi connectivity index (χ1n) is 7.71. The minimum Gasteiger partial charge on any atom is -0.458 e. The minimum atomic E-state index is -0.582. The van der Waals surface area contributed by atoms with Crippen LogP contribution in [0.4, 0.5) is 10.5 Å². The average molecular weight is 319 g/mol. The van der Waals surface area contributed by atoms with E-state index in [0.29, 0.717) is 11.3 Å². The lowest BCUT2D eigenvalue weighted by atomic mass is 9.59. The number of methoxy groups -OCH3 is 1. The second-order valence-electron chi connectivity index (χ2n) is 6.59. The minimum absolute atomic E-state index is 0.139. The van der Waals surface area contributed by atoms with Gasteiger partial charge in [-0.05, 0) is 24.6 Å². The van der Waals surface area contributed by atoms with Crippen molar-refractivity contribution in [2.24, 2.45) is 11.3 Å². The molecule has 1 aliphatic carbocycles. The number of hydrogen-bond donors (Lipinski definition) is 1. The smallest absolute Gasteiger partial charge is 0.411 e. The first-order chi connectivity index (χ1) is 10.9. The lowest BCUT2D eigenvalue weighted by Gasteiger charge is -2.53. The molecule has 0 bridgehead atoms. The molecule has 0 spiro atoms. The largest absolute Gasteiger partial charge is 0.458 e. The van der Waals surface area contributed by atoms with Crippen LogP contribution in [0.3, 0.4) is 0 Å². The maximum Gasteiger partial charge on any atom is 0.411 e. The van der Waals surface area contributed by atoms with Crippen molar-refractivity contribution >= 4 is 17.7 Å². The predicted octanol–water partition coefficient (Wildman–Crippen LogP) is 2.84. The number of rotatable bonds is 3. The molecule has 0 radical (unpaired) electrons. The highest BCUT2D eigenvalue weighted by atomic mass is 16.6. The fourth-order valence-electron chi connectivity index (χ4n) is 3.59. The van der Waals surface area contributed by atoms with Gasteiger partial charge in [0.2, 0.25) is 0 Å². The molecule has 1 aromatic rings. The Balaban J connectivity index is 1.69. The van der Waals surface area contributed by atoms with Gasteiger partial charge in [-0.3, -0.25) is 5.32 Å². The van der Waals surface area contributed by atoms with Crippen molar-refractivity contribution in [1.29, 1.82) is 0 Å². The van der Waals surface area contributed by atoms with E-state index in [9.17, 15) is 9.59 Å². The van der Waals surface area contributed by atoms with Gasteiger partial charge in [0.05, 0.1) is 18.8 Å². The first kappa shape index (κ1) is 15.8. The van der Waals surface area contributed by atoms with E-state index in [-0.39, 0.29) is 29.5 Å². The second-order valence-corrected chi connectivity index (χ2v) is 6.59. The van der Waals surface area contributed by atoms with E-state index in [1.54, 1.807) is 24.3 Å². The Morgan fingerprint density at radius 3 is 2.87 bits per heavy atom. The molecule has 2 fully saturated rings. The fraction of sp³-hybridized carbons (Fsp3) is 0.529. The molecule has 3 atom stereocenters. The Hall–Kier alpha value is -2.08. The summed E-state index contributed by atoms with van der Waals surface area (Å²) in [5, 5.41) is 2.53. The highest BCUT2D eigenvalue weighted by Gasteiger charge is 2.61. The molecule has 1 aliphatic heterocycles. The quantitative estimate of drug-likeness (QED) is 0.867. The summed E-state index contributed by atoms with van der Waals surface area (Å²) in [5.74, 6) is -0.104. The zero-order valence-electron chi connectivity index (χ0n) is 13.5. The van der Waals surface area contributed by atoms with Crippen LogP contribution in [-0.2, 0) is 14.2 Å². The Bertz CT molecular complexity index is 627. The van der Waals surface area contributed by atoms with Crippen LogP contribution in [0.15, 0.2) is 24.3 Å². The van der Waals surface area contributed by atoms with Gasteiger partial charge >= 0.3 is 12.1 Å². The fourth-order valence-corrected chi connectivity index (χ4v) is 3.59. The summed E-state index contributed by atoms with van der Waals surface area (Å²) < 4.78 is 16.0. The summed E-state index contributed by atoms with van der Waals surface area (Å²) in [4.78, 5) is 23.7. The standard InChI is InChI=1S/C17H21NO5/c1-17(2)13-12(7-8-22-13)14(17)23-15(19)10-5-4-6-11(9-10)18-16(20)21-3/h4-6,9,12-14H,7-8H2,1-3H3,(H,18,20). The number of ether oxygens (including phenoxy) is 3. The summed E-state index contributed by atoms with van der Waals surface area (Å²) >= 11 is 0. The molecule has 2 aliphatic rings. The van der Waals surface area contributed by atoms with Crippen LogP contribution in [-0.4, -0.2) is 38.0 Å². The summed E-state index contributed by atoms with van der Waals surface area (Å²) in [6.07, 6.45) is 0.379. The van der Waals surface area contributed by atoms with Gasteiger partial charge in [0.15, 0.2) is 0 Å². The number of fused-ring (bicyclic) bond motifs is 1. The monoisotopic (exact) mass is 319 g/mol. The van der Waals surface area contributed by atoms with Crippen molar-refractivity contribution in [3.05, 3.63) is 29.8 Å². The molecule has 23 heavy (non-hydrogen) atoms. The molecule has 6 heteroatoms. The van der Waals surface area contributed by atoms with E-state index in [1.165, 1.54) is 7.11 Å². The summed E-state index contributed by atoms with van der Waals surface area (Å²) in [6.45, 7) is 4.85. The highest BCUT2D eigenvalue weighted by molar-refractivity contribution is 5.92. The maximum atomic E-state index is 12.4. The van der Waals surface area contributed by atoms with Crippen molar-refractivity contribution in [2.45, 2.75) is 32.5 Å². The van der Waals surface area contributed by atoms with Crippen LogP contribution in [0.1, 0.15) is 30.6 Å². The van der Waals surface area contributed by atoms with Crippen LogP contribution in [0.5, 0.6) is 0 Å². The Labute approximate surface area is 135 Å². The van der Waals surface area contributed by atoms with E-state index in [4.69, 9.17) is 9.47 Å². The second kappa shape index (κ2) is 5.85. The first-order valence-corrected chi connectivity index (χ1v) is 7.71. The third kappa shape index (κ3) is 2.79. The van der Waals surface area contributed by atoms with E-state index in [0.717, 1.165) is 13.0 Å². The van der Waals surface area contributed by atoms with Crippen molar-refractivity contribution in [2.75, 3.05) is 19.0 Å². The van der Waals surface area contributed by atoms with Gasteiger partial charge in [0, 0.05) is 23.6 Å². The molecular weight excluding hydrogens is 298 g/mol.